The number of carbonyl (C=O) groups is 1. The molecule has 1 aromatic heterocycles. The Hall–Kier alpha value is -1.56. The van der Waals surface area contributed by atoms with Gasteiger partial charge in [-0.2, -0.15) is 5.10 Å². The monoisotopic (exact) mass is 294 g/mol. The van der Waals surface area contributed by atoms with E-state index >= 15 is 0 Å². The van der Waals surface area contributed by atoms with Crippen LogP contribution in [0.25, 0.3) is 0 Å². The molecule has 0 radical (unpaired) electrons. The fourth-order valence-electron chi connectivity index (χ4n) is 2.87. The van der Waals surface area contributed by atoms with E-state index in [2.05, 4.69) is 36.5 Å². The molecule has 6 nitrogen and oxygen atoms in total. The van der Waals surface area contributed by atoms with E-state index in [1.807, 2.05) is 20.2 Å². The quantitative estimate of drug-likeness (QED) is 0.892. The Morgan fingerprint density at radius 1 is 1.52 bits per heavy atom. The standard InChI is InChI=1S/C15H26N4O2/c1-10(11-8-16-19(5)9-11)17-13(20)18-12-7-15(4,21-6)14(12,2)3/h8-10,12H,7H2,1-6H3,(H2,17,18,20)/t10-,12-,15+/m0/s1. The molecule has 6 heteroatoms. The van der Waals surface area contributed by atoms with Crippen molar-refractivity contribution in [2.45, 2.75) is 51.8 Å². The molecular weight excluding hydrogens is 268 g/mol. The minimum absolute atomic E-state index is 0.0734. The van der Waals surface area contributed by atoms with Gasteiger partial charge in [-0.15, -0.1) is 0 Å². The normalized spacial score (nSPS) is 28.6. The van der Waals surface area contributed by atoms with Gasteiger partial charge >= 0.3 is 6.03 Å². The van der Waals surface area contributed by atoms with Crippen molar-refractivity contribution in [2.75, 3.05) is 7.11 Å². The number of aryl methyl sites for hydroxylation is 1. The molecule has 1 aromatic rings. The van der Waals surface area contributed by atoms with Crippen LogP contribution in [-0.2, 0) is 11.8 Å². The second kappa shape index (κ2) is 5.33. The lowest BCUT2D eigenvalue weighted by Crippen LogP contribution is -2.69. The highest BCUT2D eigenvalue weighted by Crippen LogP contribution is 2.51. The van der Waals surface area contributed by atoms with Gasteiger partial charge in [0, 0.05) is 37.4 Å². The van der Waals surface area contributed by atoms with Crippen LogP contribution in [0.2, 0.25) is 0 Å². The first kappa shape index (κ1) is 15.8. The van der Waals surface area contributed by atoms with Crippen molar-refractivity contribution < 1.29 is 9.53 Å². The number of ether oxygens (including phenoxy) is 1. The first-order valence-corrected chi connectivity index (χ1v) is 7.30. The molecule has 3 atom stereocenters. The minimum atomic E-state index is -0.181. The summed E-state index contributed by atoms with van der Waals surface area (Å²) in [5.41, 5.74) is 0.721. The average Bonchev–Trinajstić information content (AvgIpc) is 2.84. The summed E-state index contributed by atoms with van der Waals surface area (Å²) in [6, 6.07) is -0.109. The molecule has 0 aliphatic heterocycles. The summed E-state index contributed by atoms with van der Waals surface area (Å²) in [4.78, 5) is 12.1. The summed E-state index contributed by atoms with van der Waals surface area (Å²) >= 11 is 0. The Labute approximate surface area is 126 Å². The number of amides is 2. The molecule has 2 rings (SSSR count). The van der Waals surface area contributed by atoms with E-state index in [4.69, 9.17) is 4.74 Å². The fourth-order valence-corrected chi connectivity index (χ4v) is 2.87. The van der Waals surface area contributed by atoms with E-state index < -0.39 is 0 Å². The molecule has 1 fully saturated rings. The molecule has 1 saturated carbocycles. The molecule has 21 heavy (non-hydrogen) atoms. The SMILES string of the molecule is CO[C@]1(C)C[C@H](NC(=O)N[C@@H](C)c2cnn(C)c2)C1(C)C. The summed E-state index contributed by atoms with van der Waals surface area (Å²) in [7, 11) is 3.58. The largest absolute Gasteiger partial charge is 0.378 e. The number of nitrogens with zero attached hydrogens (tertiary/aromatic N) is 2. The molecule has 2 amide bonds. The van der Waals surface area contributed by atoms with E-state index in [0.717, 1.165) is 12.0 Å². The van der Waals surface area contributed by atoms with E-state index in [-0.39, 0.29) is 29.1 Å². The van der Waals surface area contributed by atoms with Gasteiger partial charge in [0.25, 0.3) is 0 Å². The van der Waals surface area contributed by atoms with Gasteiger partial charge in [0.2, 0.25) is 0 Å². The molecule has 2 N–H and O–H groups in total. The maximum Gasteiger partial charge on any atom is 0.315 e. The Kier molecular flexibility index (Phi) is 4.02. The molecular formula is C15H26N4O2. The number of carbonyl (C=O) groups excluding carboxylic acids is 1. The lowest BCUT2D eigenvalue weighted by Gasteiger charge is -2.59. The third kappa shape index (κ3) is 2.77. The van der Waals surface area contributed by atoms with Crippen molar-refractivity contribution in [2.24, 2.45) is 12.5 Å². The van der Waals surface area contributed by atoms with E-state index in [9.17, 15) is 4.79 Å². The van der Waals surface area contributed by atoms with Crippen LogP contribution >= 0.6 is 0 Å². The predicted octanol–water partition coefficient (Wildman–Crippen LogP) is 1.98. The Balaban J connectivity index is 1.89. The highest BCUT2D eigenvalue weighted by Gasteiger charge is 2.58. The Morgan fingerprint density at radius 3 is 2.67 bits per heavy atom. The number of urea groups is 1. The molecule has 1 heterocycles. The lowest BCUT2D eigenvalue weighted by molar-refractivity contribution is -0.177. The van der Waals surface area contributed by atoms with Crippen LogP contribution in [0.4, 0.5) is 4.79 Å². The molecule has 1 aliphatic carbocycles. The predicted molar refractivity (Wildman–Crippen MR) is 80.9 cm³/mol. The zero-order valence-electron chi connectivity index (χ0n) is 13.7. The maximum atomic E-state index is 12.1. The smallest absolute Gasteiger partial charge is 0.315 e. The number of hydrogen-bond acceptors (Lipinski definition) is 3. The van der Waals surface area contributed by atoms with Crippen LogP contribution in [-0.4, -0.2) is 34.6 Å². The molecule has 0 unspecified atom stereocenters. The Morgan fingerprint density at radius 2 is 2.19 bits per heavy atom. The second-order valence-corrected chi connectivity index (χ2v) is 6.70. The van der Waals surface area contributed by atoms with Gasteiger partial charge in [-0.25, -0.2) is 4.79 Å². The molecule has 1 aliphatic rings. The topological polar surface area (TPSA) is 68.2 Å². The van der Waals surface area contributed by atoms with Crippen LogP contribution in [0.3, 0.4) is 0 Å². The number of methoxy groups -OCH3 is 1. The van der Waals surface area contributed by atoms with E-state index in [1.165, 1.54) is 0 Å². The summed E-state index contributed by atoms with van der Waals surface area (Å²) in [6.45, 7) is 8.27. The molecule has 0 saturated heterocycles. The number of aromatic nitrogens is 2. The van der Waals surface area contributed by atoms with E-state index in [0.29, 0.717) is 0 Å². The first-order chi connectivity index (χ1) is 9.69. The first-order valence-electron chi connectivity index (χ1n) is 7.30. The molecule has 118 valence electrons. The molecule has 0 spiro atoms. The van der Waals surface area contributed by atoms with Gasteiger partial charge in [0.1, 0.15) is 0 Å². The number of nitrogens with one attached hydrogen (secondary N) is 2. The summed E-state index contributed by atoms with van der Waals surface area (Å²) in [6.07, 6.45) is 4.49. The van der Waals surface area contributed by atoms with Crippen LogP contribution in [0.1, 0.15) is 45.7 Å². The van der Waals surface area contributed by atoms with Crippen LogP contribution in [0.5, 0.6) is 0 Å². The summed E-state index contributed by atoms with van der Waals surface area (Å²) in [5.74, 6) is 0. The zero-order valence-corrected chi connectivity index (χ0v) is 13.7. The van der Waals surface area contributed by atoms with Crippen molar-refractivity contribution in [3.8, 4) is 0 Å². The zero-order chi connectivity index (χ0) is 15.8. The Bertz CT molecular complexity index is 525. The number of rotatable bonds is 4. The average molecular weight is 294 g/mol. The van der Waals surface area contributed by atoms with Gasteiger partial charge in [0.05, 0.1) is 17.8 Å². The van der Waals surface area contributed by atoms with Gasteiger partial charge in [0.15, 0.2) is 0 Å². The highest BCUT2D eigenvalue weighted by molar-refractivity contribution is 5.75. The van der Waals surface area contributed by atoms with E-state index in [1.54, 1.807) is 18.0 Å². The van der Waals surface area contributed by atoms with Crippen molar-refractivity contribution >= 4 is 6.03 Å². The number of hydrogen-bond donors (Lipinski definition) is 2. The summed E-state index contributed by atoms with van der Waals surface area (Å²) in [5, 5.41) is 10.1. The molecule has 0 bridgehead atoms. The van der Waals surface area contributed by atoms with Crippen molar-refractivity contribution in [1.29, 1.82) is 0 Å². The van der Waals surface area contributed by atoms with Crippen LogP contribution in [0.15, 0.2) is 12.4 Å². The van der Waals surface area contributed by atoms with Crippen LogP contribution in [0, 0.1) is 5.41 Å². The van der Waals surface area contributed by atoms with Crippen LogP contribution < -0.4 is 10.6 Å². The van der Waals surface area contributed by atoms with Gasteiger partial charge in [-0.1, -0.05) is 13.8 Å². The summed E-state index contributed by atoms with van der Waals surface area (Å²) < 4.78 is 7.30. The van der Waals surface area contributed by atoms with Gasteiger partial charge in [-0.05, 0) is 20.3 Å². The van der Waals surface area contributed by atoms with Crippen molar-refractivity contribution in [1.82, 2.24) is 20.4 Å². The van der Waals surface area contributed by atoms with Crippen molar-refractivity contribution in [3.05, 3.63) is 18.0 Å². The lowest BCUT2D eigenvalue weighted by atomic mass is 9.56. The van der Waals surface area contributed by atoms with Gasteiger partial charge < -0.3 is 15.4 Å². The fraction of sp³-hybridized carbons (Fsp3) is 0.733. The minimum Gasteiger partial charge on any atom is -0.378 e. The third-order valence-corrected chi connectivity index (χ3v) is 5.16. The molecule has 0 aromatic carbocycles. The third-order valence-electron chi connectivity index (χ3n) is 5.16. The van der Waals surface area contributed by atoms with Crippen molar-refractivity contribution in [3.63, 3.8) is 0 Å². The highest BCUT2D eigenvalue weighted by atomic mass is 16.5. The van der Waals surface area contributed by atoms with Gasteiger partial charge in [-0.3, -0.25) is 4.68 Å². The maximum absolute atomic E-state index is 12.1. The second-order valence-electron chi connectivity index (χ2n) is 6.70.